The normalized spacial score (nSPS) is 11.0. The number of carbonyl (C=O) groups excluding carboxylic acids is 2. The zero-order valence-corrected chi connectivity index (χ0v) is 11.5. The lowest BCUT2D eigenvalue weighted by Crippen LogP contribution is -2.03. The van der Waals surface area contributed by atoms with Gasteiger partial charge in [-0.2, -0.15) is 0 Å². The average Bonchev–Trinajstić information content (AvgIpc) is 2.82. The lowest BCUT2D eigenvalue weighted by atomic mass is 10.1. The van der Waals surface area contributed by atoms with Gasteiger partial charge in [-0.3, -0.25) is 9.59 Å². The summed E-state index contributed by atoms with van der Waals surface area (Å²) in [4.78, 5) is 27.3. The molecule has 0 amide bonds. The molecule has 0 aliphatic rings. The van der Waals surface area contributed by atoms with Crippen molar-refractivity contribution in [2.45, 2.75) is 13.8 Å². The second-order valence-corrected chi connectivity index (χ2v) is 4.41. The Labute approximate surface area is 120 Å². The summed E-state index contributed by atoms with van der Waals surface area (Å²) in [5.41, 5.74) is 0.475. The minimum atomic E-state index is -0.482. The lowest BCUT2D eigenvalue weighted by molar-refractivity contribution is 0.0968. The summed E-state index contributed by atoms with van der Waals surface area (Å²) in [6, 6.07) is 4.14. The van der Waals surface area contributed by atoms with Crippen LogP contribution in [0.25, 0.3) is 6.08 Å². The first-order valence-electron chi connectivity index (χ1n) is 6.11. The van der Waals surface area contributed by atoms with Crippen LogP contribution in [0, 0.1) is 6.92 Å². The van der Waals surface area contributed by atoms with Gasteiger partial charge in [-0.15, -0.1) is 0 Å². The van der Waals surface area contributed by atoms with Gasteiger partial charge in [-0.1, -0.05) is 12.1 Å². The Kier molecular flexibility index (Phi) is 3.89. The molecule has 0 radical (unpaired) electrons. The molecule has 0 saturated heterocycles. The minimum absolute atomic E-state index is 0.0424. The fourth-order valence-corrected chi connectivity index (χ4v) is 1.73. The third kappa shape index (κ3) is 3.17. The van der Waals surface area contributed by atoms with Crippen molar-refractivity contribution < 1.29 is 24.2 Å². The van der Waals surface area contributed by atoms with Crippen molar-refractivity contribution in [3.8, 4) is 11.5 Å². The molecule has 0 bridgehead atoms. The molecule has 0 aliphatic carbocycles. The minimum Gasteiger partial charge on any atom is -0.504 e. The van der Waals surface area contributed by atoms with Gasteiger partial charge in [0.05, 0.1) is 0 Å². The van der Waals surface area contributed by atoms with Crippen molar-refractivity contribution >= 4 is 17.6 Å². The predicted molar refractivity (Wildman–Crippen MR) is 74.4 cm³/mol. The summed E-state index contributed by atoms with van der Waals surface area (Å²) >= 11 is 0. The Morgan fingerprint density at radius 1 is 1.24 bits per heavy atom. The van der Waals surface area contributed by atoms with E-state index in [9.17, 15) is 19.8 Å². The van der Waals surface area contributed by atoms with Crippen LogP contribution in [0.2, 0.25) is 0 Å². The van der Waals surface area contributed by atoms with Gasteiger partial charge in [-0.25, -0.2) is 4.98 Å². The Bertz CT molecular complexity index is 743. The number of oxazole rings is 1. The number of ketones is 2. The first-order valence-corrected chi connectivity index (χ1v) is 6.11. The fourth-order valence-electron chi connectivity index (χ4n) is 1.73. The number of hydrogen-bond acceptors (Lipinski definition) is 6. The van der Waals surface area contributed by atoms with Gasteiger partial charge in [0.25, 0.3) is 0 Å². The SMILES string of the molecule is CC(=O)c1oc(C)nc1C(=O)C=Cc1ccc(O)c(O)c1. The van der Waals surface area contributed by atoms with Crippen LogP contribution < -0.4 is 0 Å². The smallest absolute Gasteiger partial charge is 0.208 e. The van der Waals surface area contributed by atoms with Crippen molar-refractivity contribution in [2.24, 2.45) is 0 Å². The lowest BCUT2D eigenvalue weighted by Gasteiger charge is -1.98. The highest BCUT2D eigenvalue weighted by Gasteiger charge is 2.19. The van der Waals surface area contributed by atoms with Gasteiger partial charge in [0, 0.05) is 13.8 Å². The van der Waals surface area contributed by atoms with Gasteiger partial charge >= 0.3 is 0 Å². The number of nitrogens with zero attached hydrogens (tertiary/aromatic N) is 1. The highest BCUT2D eigenvalue weighted by atomic mass is 16.4. The monoisotopic (exact) mass is 287 g/mol. The number of hydrogen-bond donors (Lipinski definition) is 2. The molecule has 6 heteroatoms. The van der Waals surface area contributed by atoms with E-state index in [0.29, 0.717) is 5.56 Å². The molecule has 0 saturated carbocycles. The number of phenols is 2. The van der Waals surface area contributed by atoms with Gasteiger partial charge in [0.2, 0.25) is 11.5 Å². The van der Waals surface area contributed by atoms with Crippen LogP contribution in [-0.4, -0.2) is 26.8 Å². The molecule has 2 rings (SSSR count). The standard InChI is InChI=1S/C15H13NO5/c1-8(17)15-14(16-9(2)21-15)12(19)6-4-10-3-5-11(18)13(20)7-10/h3-7,18,20H,1-2H3. The van der Waals surface area contributed by atoms with E-state index >= 15 is 0 Å². The number of phenolic OH excluding ortho intramolecular Hbond substituents is 2. The van der Waals surface area contributed by atoms with E-state index in [1.165, 1.54) is 37.3 Å². The number of aryl methyl sites for hydroxylation is 1. The largest absolute Gasteiger partial charge is 0.504 e. The molecule has 0 atom stereocenters. The molecule has 21 heavy (non-hydrogen) atoms. The summed E-state index contributed by atoms with van der Waals surface area (Å²) in [7, 11) is 0. The molecule has 1 aromatic heterocycles. The summed E-state index contributed by atoms with van der Waals surface area (Å²) in [6.07, 6.45) is 2.66. The number of benzene rings is 1. The maximum absolute atomic E-state index is 12.0. The Morgan fingerprint density at radius 3 is 2.57 bits per heavy atom. The Hall–Kier alpha value is -2.89. The van der Waals surface area contributed by atoms with Gasteiger partial charge < -0.3 is 14.6 Å². The number of carbonyl (C=O) groups is 2. The third-order valence-electron chi connectivity index (χ3n) is 2.71. The van der Waals surface area contributed by atoms with Crippen LogP contribution in [0.15, 0.2) is 28.7 Å². The van der Waals surface area contributed by atoms with Crippen molar-refractivity contribution in [3.63, 3.8) is 0 Å². The number of Topliss-reactive ketones (excluding diaryl/α,β-unsaturated/α-hetero) is 1. The van der Waals surface area contributed by atoms with E-state index in [2.05, 4.69) is 4.98 Å². The number of allylic oxidation sites excluding steroid dienone is 1. The maximum Gasteiger partial charge on any atom is 0.208 e. The first kappa shape index (κ1) is 14.5. The Balaban J connectivity index is 2.27. The molecule has 108 valence electrons. The van der Waals surface area contributed by atoms with Crippen LogP contribution >= 0.6 is 0 Å². The van der Waals surface area contributed by atoms with Crippen LogP contribution in [0.1, 0.15) is 39.4 Å². The second kappa shape index (κ2) is 5.62. The molecular weight excluding hydrogens is 274 g/mol. The van der Waals surface area contributed by atoms with E-state index in [4.69, 9.17) is 4.42 Å². The summed E-state index contributed by atoms with van der Waals surface area (Å²) < 4.78 is 5.10. The fraction of sp³-hybridized carbons (Fsp3) is 0.133. The van der Waals surface area contributed by atoms with E-state index in [1.54, 1.807) is 6.92 Å². The average molecular weight is 287 g/mol. The van der Waals surface area contributed by atoms with Crippen molar-refractivity contribution in [1.29, 1.82) is 0 Å². The second-order valence-electron chi connectivity index (χ2n) is 4.41. The molecular formula is C15H13NO5. The number of aromatic nitrogens is 1. The van der Waals surface area contributed by atoms with Crippen LogP contribution in [0.5, 0.6) is 11.5 Å². The molecule has 6 nitrogen and oxygen atoms in total. The summed E-state index contributed by atoms with van der Waals surface area (Å²) in [5, 5.41) is 18.6. The van der Waals surface area contributed by atoms with Crippen molar-refractivity contribution in [1.82, 2.24) is 4.98 Å². The van der Waals surface area contributed by atoms with Crippen LogP contribution in [-0.2, 0) is 0 Å². The molecule has 2 N–H and O–H groups in total. The molecule has 1 heterocycles. The molecule has 2 aromatic rings. The molecule has 1 aromatic carbocycles. The zero-order valence-electron chi connectivity index (χ0n) is 11.5. The number of aromatic hydroxyl groups is 2. The zero-order chi connectivity index (χ0) is 15.6. The molecule has 0 aliphatic heterocycles. The van der Waals surface area contributed by atoms with E-state index in [0.717, 1.165) is 0 Å². The molecule has 0 spiro atoms. The molecule has 0 unspecified atom stereocenters. The van der Waals surface area contributed by atoms with E-state index in [-0.39, 0.29) is 34.6 Å². The third-order valence-corrected chi connectivity index (χ3v) is 2.71. The quantitative estimate of drug-likeness (QED) is 0.509. The topological polar surface area (TPSA) is 101 Å². The van der Waals surface area contributed by atoms with E-state index in [1.807, 2.05) is 0 Å². The van der Waals surface area contributed by atoms with Crippen LogP contribution in [0.4, 0.5) is 0 Å². The van der Waals surface area contributed by atoms with Gasteiger partial charge in [-0.05, 0) is 23.8 Å². The molecule has 0 fully saturated rings. The van der Waals surface area contributed by atoms with Crippen molar-refractivity contribution in [2.75, 3.05) is 0 Å². The van der Waals surface area contributed by atoms with Gasteiger partial charge in [0.15, 0.2) is 28.9 Å². The van der Waals surface area contributed by atoms with Crippen LogP contribution in [0.3, 0.4) is 0 Å². The predicted octanol–water partition coefficient (Wildman–Crippen LogP) is 2.49. The summed E-state index contributed by atoms with van der Waals surface area (Å²) in [5.74, 6) is -1.23. The van der Waals surface area contributed by atoms with Crippen molar-refractivity contribution in [3.05, 3.63) is 47.2 Å². The van der Waals surface area contributed by atoms with E-state index < -0.39 is 5.78 Å². The highest BCUT2D eigenvalue weighted by molar-refractivity contribution is 6.11. The summed E-state index contributed by atoms with van der Waals surface area (Å²) in [6.45, 7) is 2.84. The maximum atomic E-state index is 12.0. The van der Waals surface area contributed by atoms with Gasteiger partial charge in [0.1, 0.15) is 0 Å². The Morgan fingerprint density at radius 2 is 1.95 bits per heavy atom. The number of rotatable bonds is 4. The first-order chi connectivity index (χ1) is 9.88. The highest BCUT2D eigenvalue weighted by Crippen LogP contribution is 2.25.